The van der Waals surface area contributed by atoms with Gasteiger partial charge in [-0.1, -0.05) is 36.4 Å². The van der Waals surface area contributed by atoms with Crippen LogP contribution >= 0.6 is 22.7 Å². The first-order valence-electron chi connectivity index (χ1n) is 11.6. The van der Waals surface area contributed by atoms with Gasteiger partial charge < -0.3 is 26.0 Å². The smallest absolute Gasteiger partial charge is 0.408 e. The van der Waals surface area contributed by atoms with Gasteiger partial charge in [0.1, 0.15) is 17.7 Å². The van der Waals surface area contributed by atoms with Crippen LogP contribution in [0.2, 0.25) is 0 Å². The van der Waals surface area contributed by atoms with Crippen molar-refractivity contribution >= 4 is 60.9 Å². The molecule has 196 valence electrons. The van der Waals surface area contributed by atoms with Crippen molar-refractivity contribution in [2.45, 2.75) is 51.3 Å². The van der Waals surface area contributed by atoms with Gasteiger partial charge in [-0.05, 0) is 72.0 Å². The summed E-state index contributed by atoms with van der Waals surface area (Å²) >= 11 is 3.18. The number of thiophene rings is 2. The highest BCUT2D eigenvalue weighted by atomic mass is 32.1. The minimum absolute atomic E-state index is 0.221. The average molecular weight is 543 g/mol. The number of carboxylic acid groups (broad SMARTS) is 2. The maximum atomic E-state index is 11.8. The molecule has 0 aliphatic carbocycles. The lowest BCUT2D eigenvalue weighted by molar-refractivity contribution is -0.140. The number of carbonyl (C=O) groups excluding carboxylic acids is 1. The van der Waals surface area contributed by atoms with Gasteiger partial charge in [-0.25, -0.2) is 9.59 Å². The number of benzene rings is 2. The zero-order valence-electron chi connectivity index (χ0n) is 20.8. The van der Waals surface area contributed by atoms with E-state index in [2.05, 4.69) is 5.32 Å². The van der Waals surface area contributed by atoms with Crippen LogP contribution in [-0.2, 0) is 27.2 Å². The number of hydrogen-bond acceptors (Lipinski definition) is 7. The molecule has 0 radical (unpaired) electrons. The molecule has 0 spiro atoms. The number of carboxylic acids is 2. The van der Waals surface area contributed by atoms with Gasteiger partial charge in [-0.3, -0.25) is 4.79 Å². The number of hydrogen-bond donors (Lipinski definition) is 4. The molecule has 0 bridgehead atoms. The van der Waals surface area contributed by atoms with Crippen molar-refractivity contribution in [1.29, 1.82) is 0 Å². The molecular weight excluding hydrogens is 512 g/mol. The minimum atomic E-state index is -1.08. The second kappa shape index (κ2) is 12.2. The first-order chi connectivity index (χ1) is 17.4. The van der Waals surface area contributed by atoms with E-state index in [1.54, 1.807) is 43.4 Å². The first-order valence-corrected chi connectivity index (χ1v) is 13.3. The summed E-state index contributed by atoms with van der Waals surface area (Å²) in [5.41, 5.74) is 6.76. The fourth-order valence-electron chi connectivity index (χ4n) is 3.58. The minimum Gasteiger partial charge on any atom is -0.480 e. The van der Waals surface area contributed by atoms with Crippen molar-refractivity contribution < 1.29 is 29.3 Å². The van der Waals surface area contributed by atoms with Gasteiger partial charge in [-0.15, -0.1) is 22.7 Å². The molecule has 2 unspecified atom stereocenters. The van der Waals surface area contributed by atoms with E-state index in [1.807, 2.05) is 59.3 Å². The topological polar surface area (TPSA) is 139 Å². The molecule has 37 heavy (non-hydrogen) atoms. The van der Waals surface area contributed by atoms with Gasteiger partial charge in [0.15, 0.2) is 0 Å². The summed E-state index contributed by atoms with van der Waals surface area (Å²) in [7, 11) is 0. The fraction of sp³-hybridized carbons (Fsp3) is 0.296. The number of nitrogens with one attached hydrogen (secondary N) is 1. The summed E-state index contributed by atoms with van der Waals surface area (Å²) in [6.07, 6.45) is -0.114. The summed E-state index contributed by atoms with van der Waals surface area (Å²) < 4.78 is 7.38. The lowest BCUT2D eigenvalue weighted by Gasteiger charge is -2.22. The normalized spacial score (nSPS) is 12.9. The van der Waals surface area contributed by atoms with Crippen LogP contribution in [0.4, 0.5) is 4.79 Å². The molecule has 2 aromatic heterocycles. The molecule has 5 N–H and O–H groups in total. The Morgan fingerprint density at radius 1 is 0.865 bits per heavy atom. The van der Waals surface area contributed by atoms with E-state index in [0.29, 0.717) is 6.42 Å². The number of aliphatic carboxylic acids is 2. The third kappa shape index (κ3) is 8.01. The summed E-state index contributed by atoms with van der Waals surface area (Å²) in [4.78, 5) is 33.8. The third-order valence-electron chi connectivity index (χ3n) is 5.29. The quantitative estimate of drug-likeness (QED) is 0.249. The van der Waals surface area contributed by atoms with E-state index in [0.717, 1.165) is 26.6 Å². The van der Waals surface area contributed by atoms with Crippen molar-refractivity contribution in [3.8, 4) is 0 Å². The molecule has 4 aromatic rings. The molecule has 0 saturated carbocycles. The van der Waals surface area contributed by atoms with Crippen LogP contribution in [0, 0.1) is 0 Å². The summed E-state index contributed by atoms with van der Waals surface area (Å²) in [5, 5.41) is 26.5. The fourth-order valence-corrected chi connectivity index (χ4v) is 5.53. The number of fused-ring (bicyclic) bond motifs is 2. The van der Waals surface area contributed by atoms with Crippen molar-refractivity contribution in [2.75, 3.05) is 0 Å². The molecule has 2 heterocycles. The maximum Gasteiger partial charge on any atom is 0.408 e. The molecular formula is C27H30N2O6S2. The number of alkyl carbamates (subject to hydrolysis) is 1. The van der Waals surface area contributed by atoms with E-state index in [4.69, 9.17) is 15.6 Å². The van der Waals surface area contributed by atoms with Gasteiger partial charge in [0, 0.05) is 15.8 Å². The van der Waals surface area contributed by atoms with Gasteiger partial charge in [0.05, 0.1) is 0 Å². The molecule has 0 aliphatic heterocycles. The molecule has 10 heteroatoms. The zero-order chi connectivity index (χ0) is 27.2. The van der Waals surface area contributed by atoms with Crippen molar-refractivity contribution in [1.82, 2.24) is 5.32 Å². The van der Waals surface area contributed by atoms with E-state index in [1.165, 1.54) is 4.70 Å². The van der Waals surface area contributed by atoms with Crippen LogP contribution in [-0.4, -0.2) is 45.9 Å². The Kier molecular flexibility index (Phi) is 9.25. The van der Waals surface area contributed by atoms with Gasteiger partial charge >= 0.3 is 18.0 Å². The van der Waals surface area contributed by atoms with Gasteiger partial charge in [0.2, 0.25) is 0 Å². The van der Waals surface area contributed by atoms with Crippen LogP contribution in [0.3, 0.4) is 0 Å². The Labute approximate surface area is 222 Å². The van der Waals surface area contributed by atoms with Crippen LogP contribution in [0.1, 0.15) is 31.9 Å². The molecule has 8 nitrogen and oxygen atoms in total. The van der Waals surface area contributed by atoms with Crippen LogP contribution < -0.4 is 11.1 Å². The molecule has 1 amide bonds. The Morgan fingerprint density at radius 3 is 1.81 bits per heavy atom. The number of rotatable bonds is 7. The highest BCUT2D eigenvalue weighted by molar-refractivity contribution is 7.17. The van der Waals surface area contributed by atoms with E-state index >= 15 is 0 Å². The van der Waals surface area contributed by atoms with E-state index in [9.17, 15) is 19.5 Å². The summed E-state index contributed by atoms with van der Waals surface area (Å²) in [5.74, 6) is -2.04. The van der Waals surface area contributed by atoms with Crippen molar-refractivity contribution in [3.05, 3.63) is 70.4 Å². The number of carbonyl (C=O) groups is 3. The second-order valence-corrected chi connectivity index (χ2v) is 11.2. The Hall–Kier alpha value is -3.47. The number of nitrogens with two attached hydrogens (primary N) is 1. The Bertz CT molecular complexity index is 1390. The van der Waals surface area contributed by atoms with E-state index < -0.39 is 35.7 Å². The average Bonchev–Trinajstić information content (AvgIpc) is 3.42. The van der Waals surface area contributed by atoms with Crippen molar-refractivity contribution in [3.63, 3.8) is 0 Å². The predicted octanol–water partition coefficient (Wildman–Crippen LogP) is 5.28. The van der Waals surface area contributed by atoms with Gasteiger partial charge in [-0.2, -0.15) is 0 Å². The SMILES string of the molecule is CC(C)(C)OC(=O)NC(Cc1csc2ccccc12)C(=O)O.NC(Cc1csc2ccccc12)C(=O)O. The third-order valence-corrected chi connectivity index (χ3v) is 7.32. The molecule has 2 atom stereocenters. The summed E-state index contributed by atoms with van der Waals surface area (Å²) in [6.45, 7) is 5.19. The largest absolute Gasteiger partial charge is 0.480 e. The van der Waals surface area contributed by atoms with Crippen LogP contribution in [0.25, 0.3) is 20.2 Å². The number of amides is 1. The lowest BCUT2D eigenvalue weighted by Crippen LogP contribution is -2.44. The van der Waals surface area contributed by atoms with Crippen LogP contribution in [0.5, 0.6) is 0 Å². The highest BCUT2D eigenvalue weighted by Crippen LogP contribution is 2.27. The molecule has 0 aliphatic rings. The number of ether oxygens (including phenoxy) is 1. The van der Waals surface area contributed by atoms with E-state index in [-0.39, 0.29) is 6.42 Å². The standard InChI is InChI=1S/C16H19NO4S.C11H11NO2S/c1-16(2,3)21-15(20)17-12(14(18)19)8-10-9-22-13-7-5-4-6-11(10)13;12-9(11(13)14)5-7-6-15-10-4-2-1-3-8(7)10/h4-7,9,12H,8H2,1-3H3,(H,17,20)(H,18,19);1-4,6,9H,5,12H2,(H,13,14). The van der Waals surface area contributed by atoms with Gasteiger partial charge in [0.25, 0.3) is 0 Å². The lowest BCUT2D eigenvalue weighted by atomic mass is 10.1. The maximum absolute atomic E-state index is 11.8. The molecule has 0 saturated heterocycles. The van der Waals surface area contributed by atoms with Crippen LogP contribution in [0.15, 0.2) is 59.3 Å². The second-order valence-electron chi connectivity index (χ2n) is 9.40. The molecule has 4 rings (SSSR count). The summed E-state index contributed by atoms with van der Waals surface area (Å²) in [6, 6.07) is 13.9. The zero-order valence-corrected chi connectivity index (χ0v) is 22.4. The first kappa shape index (κ1) is 28.1. The molecule has 2 aromatic carbocycles. The highest BCUT2D eigenvalue weighted by Gasteiger charge is 2.25. The predicted molar refractivity (Wildman–Crippen MR) is 147 cm³/mol. The molecule has 0 fully saturated rings. The Morgan fingerprint density at radius 2 is 1.35 bits per heavy atom. The monoisotopic (exact) mass is 542 g/mol. The van der Waals surface area contributed by atoms with Crippen molar-refractivity contribution in [2.24, 2.45) is 5.73 Å². The Balaban J connectivity index is 0.000000220.